The summed E-state index contributed by atoms with van der Waals surface area (Å²) >= 11 is 0. The van der Waals surface area contributed by atoms with E-state index in [0.29, 0.717) is 6.54 Å². The van der Waals surface area contributed by atoms with Crippen molar-refractivity contribution in [2.75, 3.05) is 18.4 Å². The average molecular weight is 265 g/mol. The molecule has 0 radical (unpaired) electrons. The molecule has 0 amide bonds. The zero-order valence-electron chi connectivity index (χ0n) is 9.88. The first kappa shape index (κ1) is 14.8. The number of hydrogen-bond donors (Lipinski definition) is 2. The van der Waals surface area contributed by atoms with Crippen LogP contribution in [-0.4, -0.2) is 25.6 Å². The first-order chi connectivity index (χ1) is 8.47. The van der Waals surface area contributed by atoms with Gasteiger partial charge in [-0.25, -0.2) is 4.39 Å². The molecule has 6 heteroatoms. The molecule has 2 nitrogen and oxygen atoms in total. The van der Waals surface area contributed by atoms with Crippen molar-refractivity contribution in [3.8, 4) is 0 Å². The molecule has 1 fully saturated rings. The van der Waals surface area contributed by atoms with E-state index >= 15 is 0 Å². The second-order valence-corrected chi connectivity index (χ2v) is 4.04. The molecular weight excluding hydrogens is 248 g/mol. The Morgan fingerprint density at radius 2 is 1.83 bits per heavy atom. The average Bonchev–Trinajstić information content (AvgIpc) is 2.30. The largest absolute Gasteiger partial charge is 0.482 e. The molecule has 18 heavy (non-hydrogen) atoms. The van der Waals surface area contributed by atoms with Gasteiger partial charge in [0.05, 0.1) is 6.54 Å². The first-order valence-corrected chi connectivity index (χ1v) is 5.83. The lowest BCUT2D eigenvalue weighted by atomic mass is 10.1. The van der Waals surface area contributed by atoms with Crippen molar-refractivity contribution in [1.29, 1.82) is 0 Å². The summed E-state index contributed by atoms with van der Waals surface area (Å²) < 4.78 is 47.0. The van der Waals surface area contributed by atoms with Crippen LogP contribution in [0.15, 0.2) is 30.3 Å². The molecule has 1 aromatic carbocycles. The van der Waals surface area contributed by atoms with Crippen LogP contribution in [0.25, 0.3) is 0 Å². The van der Waals surface area contributed by atoms with E-state index in [-0.39, 0.29) is 5.69 Å². The summed E-state index contributed by atoms with van der Waals surface area (Å²) in [6.45, 7) is 1.82. The van der Waals surface area contributed by atoms with Gasteiger partial charge >= 0.3 is 6.30 Å². The monoisotopic (exact) mass is 265 g/mol. The molecule has 2 rings (SSSR count). The van der Waals surface area contributed by atoms with Gasteiger partial charge in [0.15, 0.2) is 0 Å². The second kappa shape index (κ2) is 7.20. The number of para-hydroxylation sites is 1. The standard InChI is InChI=1S/C7H6F3N.C5H10FN/c8-7(9,10)11-6-4-2-1-3-5-6;6-5-2-1-3-7-4-5/h1-5,11H;5,7H,1-4H2/p+1. The molecule has 1 saturated heterocycles. The Morgan fingerprint density at radius 3 is 2.22 bits per heavy atom. The predicted octanol–water partition coefficient (Wildman–Crippen LogP) is 2.30. The van der Waals surface area contributed by atoms with Crippen molar-refractivity contribution >= 4 is 5.69 Å². The topological polar surface area (TPSA) is 28.6 Å². The van der Waals surface area contributed by atoms with Gasteiger partial charge in [-0.2, -0.15) is 13.2 Å². The summed E-state index contributed by atoms with van der Waals surface area (Å²) in [5.41, 5.74) is 0.0556. The van der Waals surface area contributed by atoms with Crippen molar-refractivity contribution in [2.24, 2.45) is 0 Å². The fourth-order valence-electron chi connectivity index (χ4n) is 1.59. The maximum atomic E-state index is 12.2. The van der Waals surface area contributed by atoms with Crippen molar-refractivity contribution < 1.29 is 22.9 Å². The maximum Gasteiger partial charge on any atom is 0.482 e. The minimum atomic E-state index is -4.35. The highest BCUT2D eigenvalue weighted by molar-refractivity contribution is 5.42. The highest BCUT2D eigenvalue weighted by Gasteiger charge is 2.26. The third-order valence-corrected chi connectivity index (χ3v) is 2.41. The summed E-state index contributed by atoms with van der Waals surface area (Å²) in [7, 11) is 0. The van der Waals surface area contributed by atoms with Crippen molar-refractivity contribution in [3.63, 3.8) is 0 Å². The highest BCUT2D eigenvalue weighted by atomic mass is 19.4. The van der Waals surface area contributed by atoms with Crippen LogP contribution in [-0.2, 0) is 0 Å². The lowest BCUT2D eigenvalue weighted by Gasteiger charge is -2.11. The van der Waals surface area contributed by atoms with Crippen LogP contribution >= 0.6 is 0 Å². The predicted molar refractivity (Wildman–Crippen MR) is 61.9 cm³/mol. The minimum Gasteiger partial charge on any atom is -0.344 e. The molecule has 1 aliphatic heterocycles. The van der Waals surface area contributed by atoms with Crippen LogP contribution in [0.3, 0.4) is 0 Å². The molecular formula is C12H17F4N2+. The third kappa shape index (κ3) is 7.11. The van der Waals surface area contributed by atoms with Gasteiger partial charge < -0.3 is 5.32 Å². The first-order valence-electron chi connectivity index (χ1n) is 5.83. The highest BCUT2D eigenvalue weighted by Crippen LogP contribution is 2.18. The quantitative estimate of drug-likeness (QED) is 0.592. The van der Waals surface area contributed by atoms with Crippen LogP contribution in [0.5, 0.6) is 0 Å². The van der Waals surface area contributed by atoms with Crippen molar-refractivity contribution in [3.05, 3.63) is 30.3 Å². The Hall–Kier alpha value is -1.30. The SMILES string of the molecule is FC(F)(F)Nc1ccccc1.FC1CCC[NH2+]C1. The van der Waals surface area contributed by atoms with Gasteiger partial charge in [0.2, 0.25) is 0 Å². The molecule has 1 atom stereocenters. The van der Waals surface area contributed by atoms with Crippen LogP contribution < -0.4 is 10.6 Å². The van der Waals surface area contributed by atoms with E-state index in [0.717, 1.165) is 19.4 Å². The third-order valence-electron chi connectivity index (χ3n) is 2.41. The van der Waals surface area contributed by atoms with E-state index in [2.05, 4.69) is 0 Å². The number of benzene rings is 1. The molecule has 3 N–H and O–H groups in total. The summed E-state index contributed by atoms with van der Waals surface area (Å²) in [5.74, 6) is 0. The Bertz CT molecular complexity index is 321. The number of rotatable bonds is 1. The van der Waals surface area contributed by atoms with E-state index in [1.54, 1.807) is 6.07 Å². The smallest absolute Gasteiger partial charge is 0.344 e. The van der Waals surface area contributed by atoms with Crippen LogP contribution in [0.2, 0.25) is 0 Å². The Kier molecular flexibility index (Phi) is 5.91. The normalized spacial score (nSPS) is 19.7. The number of nitrogens with one attached hydrogen (secondary N) is 1. The number of halogens is 4. The zero-order chi connectivity index (χ0) is 13.4. The van der Waals surface area contributed by atoms with Gasteiger partial charge in [-0.05, 0) is 25.0 Å². The number of alkyl halides is 4. The Labute approximate surface area is 103 Å². The van der Waals surface area contributed by atoms with Crippen LogP contribution in [0.4, 0.5) is 23.2 Å². The molecule has 0 aromatic heterocycles. The molecule has 1 unspecified atom stereocenters. The molecule has 1 aromatic rings. The maximum absolute atomic E-state index is 12.2. The number of quaternary nitrogens is 1. The van der Waals surface area contributed by atoms with Gasteiger partial charge in [-0.15, -0.1) is 0 Å². The number of piperidine rings is 1. The van der Waals surface area contributed by atoms with Crippen LogP contribution in [0.1, 0.15) is 12.8 Å². The van der Waals surface area contributed by atoms with E-state index in [1.165, 1.54) is 29.6 Å². The Morgan fingerprint density at radius 1 is 1.17 bits per heavy atom. The second-order valence-electron chi connectivity index (χ2n) is 4.04. The van der Waals surface area contributed by atoms with Gasteiger partial charge in [-0.3, -0.25) is 5.32 Å². The molecule has 0 bridgehead atoms. The summed E-state index contributed by atoms with van der Waals surface area (Å²) in [6, 6.07) is 7.44. The molecule has 0 aliphatic carbocycles. The van der Waals surface area contributed by atoms with Gasteiger partial charge in [0, 0.05) is 5.69 Å². The number of hydrogen-bond acceptors (Lipinski definition) is 1. The molecule has 1 heterocycles. The Balaban J connectivity index is 0.000000199. The van der Waals surface area contributed by atoms with E-state index in [9.17, 15) is 17.6 Å². The van der Waals surface area contributed by atoms with Gasteiger partial charge in [0.1, 0.15) is 12.7 Å². The fourth-order valence-corrected chi connectivity index (χ4v) is 1.59. The van der Waals surface area contributed by atoms with E-state index < -0.39 is 12.5 Å². The molecule has 0 spiro atoms. The lowest BCUT2D eigenvalue weighted by Crippen LogP contribution is -2.87. The molecule has 1 aliphatic rings. The lowest BCUT2D eigenvalue weighted by molar-refractivity contribution is -0.667. The summed E-state index contributed by atoms with van der Waals surface area (Å²) in [6.07, 6.45) is -3.02. The summed E-state index contributed by atoms with van der Waals surface area (Å²) in [5, 5.41) is 3.42. The number of nitrogens with two attached hydrogens (primary N) is 1. The van der Waals surface area contributed by atoms with Crippen molar-refractivity contribution in [1.82, 2.24) is 0 Å². The van der Waals surface area contributed by atoms with Crippen molar-refractivity contribution in [2.45, 2.75) is 25.3 Å². The van der Waals surface area contributed by atoms with E-state index in [4.69, 9.17) is 0 Å². The molecule has 0 saturated carbocycles. The zero-order valence-corrected chi connectivity index (χ0v) is 9.88. The van der Waals surface area contributed by atoms with Gasteiger partial charge in [-0.1, -0.05) is 18.2 Å². The minimum absolute atomic E-state index is 0.0556. The summed E-state index contributed by atoms with van der Waals surface area (Å²) in [4.78, 5) is 0. The molecule has 102 valence electrons. The van der Waals surface area contributed by atoms with Crippen LogP contribution in [0, 0.1) is 0 Å². The van der Waals surface area contributed by atoms with E-state index in [1.807, 2.05) is 5.32 Å². The fraction of sp³-hybridized carbons (Fsp3) is 0.500. The van der Waals surface area contributed by atoms with Gasteiger partial charge in [0.25, 0.3) is 0 Å². The number of anilines is 1.